The Kier molecular flexibility index (Phi) is 4.00. The summed E-state index contributed by atoms with van der Waals surface area (Å²) in [6.07, 6.45) is 1.62. The molecule has 0 fully saturated rings. The Bertz CT molecular complexity index is 1220. The summed E-state index contributed by atoms with van der Waals surface area (Å²) in [5, 5.41) is -0.619. The van der Waals surface area contributed by atoms with E-state index in [-0.39, 0.29) is 5.95 Å². The largest absolute Gasteiger partial charge is 0.368 e. The Morgan fingerprint density at radius 3 is 2.52 bits per heavy atom. The fraction of sp³-hybridized carbons (Fsp3) is 0.158. The van der Waals surface area contributed by atoms with Crippen LogP contribution in [-0.2, 0) is 10.0 Å². The topological polar surface area (TPSA) is 107 Å². The third-order valence-corrected chi connectivity index (χ3v) is 6.55. The summed E-state index contributed by atoms with van der Waals surface area (Å²) < 4.78 is 26.6. The van der Waals surface area contributed by atoms with E-state index in [4.69, 9.17) is 5.73 Å². The van der Waals surface area contributed by atoms with E-state index in [0.29, 0.717) is 11.0 Å². The number of rotatable bonds is 4. The van der Waals surface area contributed by atoms with E-state index in [9.17, 15) is 8.42 Å². The van der Waals surface area contributed by atoms with Gasteiger partial charge in [0, 0.05) is 11.1 Å². The van der Waals surface area contributed by atoms with Crippen LogP contribution in [0.5, 0.6) is 0 Å². The second-order valence-electron chi connectivity index (χ2n) is 6.52. The highest BCUT2D eigenvalue weighted by Gasteiger charge is 2.25. The van der Waals surface area contributed by atoms with Crippen molar-refractivity contribution in [3.05, 3.63) is 54.9 Å². The third kappa shape index (κ3) is 2.78. The van der Waals surface area contributed by atoms with Crippen LogP contribution in [0.4, 0.5) is 5.95 Å². The Labute approximate surface area is 156 Å². The Balaban J connectivity index is 1.93. The standard InChI is InChI=1S/C19H19N5O2S/c1-12(2)27(25,26)24-16-10-14(8-9-15(16)23-19(24)20)18-17(21-11-22-18)13-6-4-3-5-7-13/h3-12H,1-2H3,(H2,20,23)(H,21,22). The van der Waals surface area contributed by atoms with Gasteiger partial charge in [0.2, 0.25) is 16.0 Å². The quantitative estimate of drug-likeness (QED) is 0.564. The Morgan fingerprint density at radius 1 is 1.07 bits per heavy atom. The number of aromatic nitrogens is 4. The molecule has 0 bridgehead atoms. The van der Waals surface area contributed by atoms with Crippen LogP contribution in [0.3, 0.4) is 0 Å². The lowest BCUT2D eigenvalue weighted by Gasteiger charge is -2.11. The van der Waals surface area contributed by atoms with Crippen molar-refractivity contribution in [1.82, 2.24) is 18.9 Å². The normalized spacial score (nSPS) is 12.1. The lowest BCUT2D eigenvalue weighted by molar-refractivity contribution is 0.580. The van der Waals surface area contributed by atoms with Gasteiger partial charge in [0.1, 0.15) is 0 Å². The molecule has 0 radical (unpaired) electrons. The molecule has 2 heterocycles. The highest BCUT2D eigenvalue weighted by Crippen LogP contribution is 2.32. The van der Waals surface area contributed by atoms with Crippen molar-refractivity contribution in [1.29, 1.82) is 0 Å². The van der Waals surface area contributed by atoms with Crippen LogP contribution in [0.25, 0.3) is 33.5 Å². The van der Waals surface area contributed by atoms with Gasteiger partial charge in [-0.2, -0.15) is 0 Å². The smallest absolute Gasteiger partial charge is 0.244 e. The second-order valence-corrected chi connectivity index (χ2v) is 8.86. The molecule has 0 aliphatic heterocycles. The molecule has 0 unspecified atom stereocenters. The van der Waals surface area contributed by atoms with Crippen LogP contribution in [0.15, 0.2) is 54.9 Å². The number of fused-ring (bicyclic) bond motifs is 1. The number of imidazole rings is 2. The fourth-order valence-corrected chi connectivity index (χ4v) is 4.18. The molecule has 0 atom stereocenters. The molecule has 4 aromatic rings. The van der Waals surface area contributed by atoms with E-state index < -0.39 is 15.3 Å². The van der Waals surface area contributed by atoms with E-state index in [1.54, 1.807) is 32.3 Å². The number of nitrogens with two attached hydrogens (primary N) is 1. The number of nitrogens with zero attached hydrogens (tertiary/aromatic N) is 3. The number of benzene rings is 2. The van der Waals surface area contributed by atoms with Gasteiger partial charge in [0.25, 0.3) is 0 Å². The summed E-state index contributed by atoms with van der Waals surface area (Å²) in [7, 11) is -3.64. The minimum absolute atomic E-state index is 0.0406. The van der Waals surface area contributed by atoms with Gasteiger partial charge in [-0.05, 0) is 26.0 Å². The lowest BCUT2D eigenvalue weighted by Crippen LogP contribution is -2.23. The molecule has 0 aliphatic rings. The van der Waals surface area contributed by atoms with Crippen molar-refractivity contribution >= 4 is 27.0 Å². The van der Waals surface area contributed by atoms with Gasteiger partial charge in [-0.1, -0.05) is 36.4 Å². The maximum Gasteiger partial charge on any atom is 0.244 e. The van der Waals surface area contributed by atoms with E-state index >= 15 is 0 Å². The molecular weight excluding hydrogens is 362 g/mol. The zero-order chi connectivity index (χ0) is 19.2. The molecule has 0 amide bonds. The van der Waals surface area contributed by atoms with Crippen molar-refractivity contribution in [3.8, 4) is 22.5 Å². The molecule has 4 rings (SSSR count). The van der Waals surface area contributed by atoms with Crippen LogP contribution >= 0.6 is 0 Å². The zero-order valence-electron chi connectivity index (χ0n) is 14.9. The molecule has 0 aliphatic carbocycles. The Hall–Kier alpha value is -3.13. The van der Waals surface area contributed by atoms with Gasteiger partial charge in [0.15, 0.2) is 0 Å². The van der Waals surface area contributed by atoms with Crippen LogP contribution in [0, 0.1) is 0 Å². The number of H-pyrrole nitrogens is 1. The number of hydrogen-bond donors (Lipinski definition) is 2. The van der Waals surface area contributed by atoms with Gasteiger partial charge in [0.05, 0.1) is 34.0 Å². The molecule has 7 nitrogen and oxygen atoms in total. The van der Waals surface area contributed by atoms with Crippen LogP contribution < -0.4 is 5.73 Å². The van der Waals surface area contributed by atoms with E-state index in [1.165, 1.54) is 0 Å². The molecular formula is C19H19N5O2S. The highest BCUT2D eigenvalue weighted by atomic mass is 32.2. The van der Waals surface area contributed by atoms with Crippen molar-refractivity contribution < 1.29 is 8.42 Å². The molecule has 3 N–H and O–H groups in total. The summed E-state index contributed by atoms with van der Waals surface area (Å²) in [5.74, 6) is -0.0406. The van der Waals surface area contributed by atoms with Crippen LogP contribution in [0.1, 0.15) is 13.8 Å². The molecule has 2 aromatic carbocycles. The van der Waals surface area contributed by atoms with E-state index in [2.05, 4.69) is 15.0 Å². The number of nitrogen functional groups attached to an aromatic ring is 1. The molecule has 0 spiro atoms. The highest BCUT2D eigenvalue weighted by molar-refractivity contribution is 7.90. The number of anilines is 1. The first-order valence-electron chi connectivity index (χ1n) is 8.51. The maximum atomic E-state index is 12.7. The first kappa shape index (κ1) is 17.3. The third-order valence-electron chi connectivity index (χ3n) is 4.46. The molecule has 27 heavy (non-hydrogen) atoms. The van der Waals surface area contributed by atoms with Crippen LogP contribution in [-0.4, -0.2) is 32.6 Å². The summed E-state index contributed by atoms with van der Waals surface area (Å²) in [6.45, 7) is 3.23. The fourth-order valence-electron chi connectivity index (χ4n) is 3.04. The van der Waals surface area contributed by atoms with Crippen LogP contribution in [0.2, 0.25) is 0 Å². The summed E-state index contributed by atoms with van der Waals surface area (Å²) in [5.41, 5.74) is 10.3. The van der Waals surface area contributed by atoms with Gasteiger partial charge in [-0.15, -0.1) is 0 Å². The number of aromatic amines is 1. The molecule has 138 valence electrons. The van der Waals surface area contributed by atoms with Gasteiger partial charge in [-0.3, -0.25) is 0 Å². The minimum atomic E-state index is -3.64. The van der Waals surface area contributed by atoms with Gasteiger partial charge < -0.3 is 10.7 Å². The van der Waals surface area contributed by atoms with Crippen molar-refractivity contribution in [2.45, 2.75) is 19.1 Å². The first-order valence-corrected chi connectivity index (χ1v) is 10.0. The first-order chi connectivity index (χ1) is 12.9. The predicted octanol–water partition coefficient (Wildman–Crippen LogP) is 3.26. The molecule has 2 aromatic heterocycles. The molecule has 0 saturated carbocycles. The summed E-state index contributed by atoms with van der Waals surface area (Å²) in [4.78, 5) is 11.8. The summed E-state index contributed by atoms with van der Waals surface area (Å²) in [6, 6.07) is 15.2. The SMILES string of the molecule is CC(C)S(=O)(=O)n1c(N)nc2ccc(-c3nc[nH]c3-c3ccccc3)cc21. The lowest BCUT2D eigenvalue weighted by atomic mass is 10.0. The minimum Gasteiger partial charge on any atom is -0.368 e. The monoisotopic (exact) mass is 381 g/mol. The maximum absolute atomic E-state index is 12.7. The summed E-state index contributed by atoms with van der Waals surface area (Å²) >= 11 is 0. The second kappa shape index (κ2) is 6.24. The van der Waals surface area contributed by atoms with E-state index in [1.807, 2.05) is 36.4 Å². The van der Waals surface area contributed by atoms with Crippen molar-refractivity contribution in [2.24, 2.45) is 0 Å². The predicted molar refractivity (Wildman–Crippen MR) is 107 cm³/mol. The Morgan fingerprint density at radius 2 is 1.81 bits per heavy atom. The number of nitrogens with one attached hydrogen (secondary N) is 1. The number of hydrogen-bond acceptors (Lipinski definition) is 5. The van der Waals surface area contributed by atoms with Crippen molar-refractivity contribution in [3.63, 3.8) is 0 Å². The van der Waals surface area contributed by atoms with Gasteiger partial charge >= 0.3 is 0 Å². The van der Waals surface area contributed by atoms with E-state index in [0.717, 1.165) is 26.5 Å². The average Bonchev–Trinajstić information content (AvgIpc) is 3.25. The van der Waals surface area contributed by atoms with Gasteiger partial charge in [-0.25, -0.2) is 22.4 Å². The average molecular weight is 381 g/mol. The molecule has 0 saturated heterocycles. The molecule has 8 heteroatoms. The van der Waals surface area contributed by atoms with Crippen molar-refractivity contribution in [2.75, 3.05) is 5.73 Å². The zero-order valence-corrected chi connectivity index (χ0v) is 15.7.